The molecule has 5 aromatic rings. The van der Waals surface area contributed by atoms with Gasteiger partial charge in [0.25, 0.3) is 0 Å². The lowest BCUT2D eigenvalue weighted by atomic mass is 9.87. The van der Waals surface area contributed by atoms with Crippen LogP contribution < -0.4 is 10.1 Å². The van der Waals surface area contributed by atoms with Crippen LogP contribution in [0.15, 0.2) is 66.9 Å². The predicted octanol–water partition coefficient (Wildman–Crippen LogP) is 3.98. The lowest BCUT2D eigenvalue weighted by molar-refractivity contribution is -0.116. The Morgan fingerprint density at radius 2 is 1.86 bits per heavy atom. The van der Waals surface area contributed by atoms with Crippen molar-refractivity contribution in [3.63, 3.8) is 0 Å². The monoisotopic (exact) mass is 465 g/mol. The molecule has 0 fully saturated rings. The molecular formula is C26H23N7O2. The number of benzene rings is 2. The van der Waals surface area contributed by atoms with Gasteiger partial charge in [0.15, 0.2) is 17.3 Å². The van der Waals surface area contributed by atoms with Crippen molar-refractivity contribution in [3.05, 3.63) is 94.9 Å². The van der Waals surface area contributed by atoms with Gasteiger partial charge in [0, 0.05) is 17.9 Å². The fourth-order valence-electron chi connectivity index (χ4n) is 4.42. The zero-order chi connectivity index (χ0) is 23.9. The number of nitrogens with one attached hydrogen (secondary N) is 1. The fourth-order valence-corrected chi connectivity index (χ4v) is 4.42. The van der Waals surface area contributed by atoms with E-state index in [1.54, 1.807) is 15.4 Å². The van der Waals surface area contributed by atoms with Crippen LogP contribution in [0.5, 0.6) is 5.75 Å². The minimum atomic E-state index is -0.113. The first-order valence-electron chi connectivity index (χ1n) is 11.4. The SMILES string of the molecule is Cc1ccccc1COc1ccc(C2CC(=O)Nc3c2cnn3-c2ccc3nnc(C)n3n2)cc1. The van der Waals surface area contributed by atoms with Crippen molar-refractivity contribution in [2.75, 3.05) is 5.32 Å². The second-order valence-corrected chi connectivity index (χ2v) is 8.66. The topological polar surface area (TPSA) is 99.2 Å². The van der Waals surface area contributed by atoms with E-state index in [2.05, 4.69) is 44.8 Å². The van der Waals surface area contributed by atoms with Gasteiger partial charge in [-0.15, -0.1) is 15.3 Å². The van der Waals surface area contributed by atoms with Crippen LogP contribution in [0.1, 0.15) is 40.4 Å². The van der Waals surface area contributed by atoms with Crippen molar-refractivity contribution in [1.29, 1.82) is 0 Å². The van der Waals surface area contributed by atoms with E-state index in [-0.39, 0.29) is 11.8 Å². The smallest absolute Gasteiger partial charge is 0.226 e. The lowest BCUT2D eigenvalue weighted by Crippen LogP contribution is -2.24. The molecule has 0 spiro atoms. The standard InChI is InChI=1S/C26H23N7O2/c1-16-5-3-4-6-19(16)15-35-20-9-7-18(8-10-20)21-13-25(34)28-26-22(21)14-27-33(26)24-12-11-23-30-29-17(2)32(23)31-24/h3-12,14,21H,13,15H2,1-2H3,(H,28,34). The molecule has 1 aliphatic rings. The Kier molecular flexibility index (Phi) is 5.02. The van der Waals surface area contributed by atoms with Gasteiger partial charge in [-0.2, -0.15) is 14.3 Å². The van der Waals surface area contributed by atoms with Crippen molar-refractivity contribution in [2.24, 2.45) is 0 Å². The second kappa shape index (κ2) is 8.35. The fraction of sp³-hybridized carbons (Fsp3) is 0.192. The molecule has 1 unspecified atom stereocenters. The van der Waals surface area contributed by atoms with Crippen molar-refractivity contribution in [1.82, 2.24) is 29.6 Å². The number of nitrogens with zero attached hydrogens (tertiary/aromatic N) is 6. The molecule has 0 aliphatic carbocycles. The Bertz CT molecular complexity index is 1550. The molecule has 0 saturated carbocycles. The third kappa shape index (κ3) is 3.80. The first-order valence-corrected chi connectivity index (χ1v) is 11.4. The Hall–Kier alpha value is -4.53. The van der Waals surface area contributed by atoms with Crippen LogP contribution in [0, 0.1) is 13.8 Å². The van der Waals surface area contributed by atoms with E-state index >= 15 is 0 Å². The number of hydrogen-bond acceptors (Lipinski definition) is 6. The number of carbonyl (C=O) groups excluding carboxylic acids is 1. The van der Waals surface area contributed by atoms with Crippen molar-refractivity contribution >= 4 is 17.4 Å². The summed E-state index contributed by atoms with van der Waals surface area (Å²) in [6.45, 7) is 4.42. The summed E-state index contributed by atoms with van der Waals surface area (Å²) in [5.74, 6) is 2.49. The molecule has 3 aromatic heterocycles. The average molecular weight is 466 g/mol. The van der Waals surface area contributed by atoms with Gasteiger partial charge in [-0.1, -0.05) is 36.4 Å². The number of carbonyl (C=O) groups is 1. The summed E-state index contributed by atoms with van der Waals surface area (Å²) in [5.41, 5.74) is 4.99. The third-order valence-corrected chi connectivity index (χ3v) is 6.38. The molecule has 9 nitrogen and oxygen atoms in total. The highest BCUT2D eigenvalue weighted by Gasteiger charge is 2.30. The molecule has 2 aromatic carbocycles. The molecule has 6 rings (SSSR count). The zero-order valence-corrected chi connectivity index (χ0v) is 19.3. The van der Waals surface area contributed by atoms with Crippen LogP contribution in [0.4, 0.5) is 5.82 Å². The van der Waals surface area contributed by atoms with Gasteiger partial charge >= 0.3 is 0 Å². The van der Waals surface area contributed by atoms with Crippen molar-refractivity contribution < 1.29 is 9.53 Å². The maximum absolute atomic E-state index is 12.7. The van der Waals surface area contributed by atoms with E-state index in [1.165, 1.54) is 5.56 Å². The molecule has 35 heavy (non-hydrogen) atoms. The molecule has 174 valence electrons. The predicted molar refractivity (Wildman–Crippen MR) is 130 cm³/mol. The minimum Gasteiger partial charge on any atom is -0.489 e. The summed E-state index contributed by atoms with van der Waals surface area (Å²) < 4.78 is 9.29. The van der Waals surface area contributed by atoms with Crippen LogP contribution in [0.3, 0.4) is 0 Å². The Labute approximate surface area is 201 Å². The van der Waals surface area contributed by atoms with Crippen LogP contribution in [-0.4, -0.2) is 35.5 Å². The third-order valence-electron chi connectivity index (χ3n) is 6.38. The number of ether oxygens (including phenoxy) is 1. The maximum atomic E-state index is 12.7. The first kappa shape index (κ1) is 21.0. The number of amides is 1. The Balaban J connectivity index is 1.27. The number of hydrogen-bond donors (Lipinski definition) is 1. The number of anilines is 1. The molecule has 0 radical (unpaired) electrons. The summed E-state index contributed by atoms with van der Waals surface area (Å²) in [4.78, 5) is 12.7. The quantitative estimate of drug-likeness (QED) is 0.422. The molecule has 1 atom stereocenters. The van der Waals surface area contributed by atoms with E-state index in [9.17, 15) is 4.79 Å². The van der Waals surface area contributed by atoms with Gasteiger partial charge in [-0.3, -0.25) is 4.79 Å². The van der Waals surface area contributed by atoms with Gasteiger partial charge < -0.3 is 10.1 Å². The van der Waals surface area contributed by atoms with Gasteiger partial charge in [0.05, 0.1) is 6.20 Å². The van der Waals surface area contributed by atoms with Gasteiger partial charge in [-0.05, 0) is 54.8 Å². The molecule has 9 heteroatoms. The van der Waals surface area contributed by atoms with Gasteiger partial charge in [0.1, 0.15) is 18.2 Å². The van der Waals surface area contributed by atoms with E-state index in [4.69, 9.17) is 4.74 Å². The molecular weight excluding hydrogens is 442 g/mol. The van der Waals surface area contributed by atoms with E-state index in [1.807, 2.05) is 55.5 Å². The highest BCUT2D eigenvalue weighted by Crippen LogP contribution is 2.38. The van der Waals surface area contributed by atoms with Crippen LogP contribution >= 0.6 is 0 Å². The summed E-state index contributed by atoms with van der Waals surface area (Å²) in [6, 6.07) is 19.8. The van der Waals surface area contributed by atoms with Crippen molar-refractivity contribution in [2.45, 2.75) is 32.8 Å². The number of rotatable bonds is 5. The normalized spacial score (nSPS) is 15.1. The Morgan fingerprint density at radius 3 is 2.69 bits per heavy atom. The number of aromatic nitrogens is 6. The summed E-state index contributed by atoms with van der Waals surface area (Å²) in [5, 5.41) is 20.2. The van der Waals surface area contributed by atoms with Crippen LogP contribution in [0.2, 0.25) is 0 Å². The molecule has 4 heterocycles. The van der Waals surface area contributed by atoms with E-state index < -0.39 is 0 Å². The highest BCUT2D eigenvalue weighted by atomic mass is 16.5. The maximum Gasteiger partial charge on any atom is 0.226 e. The van der Waals surface area contributed by atoms with Gasteiger partial charge in [0.2, 0.25) is 5.91 Å². The Morgan fingerprint density at radius 1 is 1.03 bits per heavy atom. The van der Waals surface area contributed by atoms with E-state index in [0.29, 0.717) is 36.1 Å². The zero-order valence-electron chi connectivity index (χ0n) is 19.3. The van der Waals surface area contributed by atoms with Crippen LogP contribution in [0.25, 0.3) is 11.5 Å². The summed E-state index contributed by atoms with van der Waals surface area (Å²) in [7, 11) is 0. The lowest BCUT2D eigenvalue weighted by Gasteiger charge is -2.23. The largest absolute Gasteiger partial charge is 0.489 e. The minimum absolute atomic E-state index is 0.0642. The van der Waals surface area contributed by atoms with Crippen LogP contribution in [-0.2, 0) is 11.4 Å². The van der Waals surface area contributed by atoms with E-state index in [0.717, 1.165) is 22.4 Å². The molecule has 1 amide bonds. The summed E-state index contributed by atoms with van der Waals surface area (Å²) in [6.07, 6.45) is 2.14. The average Bonchev–Trinajstić information content (AvgIpc) is 3.46. The van der Waals surface area contributed by atoms with Gasteiger partial charge in [-0.25, -0.2) is 0 Å². The first-order chi connectivity index (χ1) is 17.1. The molecule has 0 bridgehead atoms. The van der Waals surface area contributed by atoms with Crippen molar-refractivity contribution in [3.8, 4) is 11.6 Å². The molecule has 1 N–H and O–H groups in total. The second-order valence-electron chi connectivity index (χ2n) is 8.66. The molecule has 1 aliphatic heterocycles. The summed E-state index contributed by atoms with van der Waals surface area (Å²) >= 11 is 0. The number of aryl methyl sites for hydroxylation is 2. The number of fused-ring (bicyclic) bond motifs is 2. The highest BCUT2D eigenvalue weighted by molar-refractivity contribution is 5.94. The molecule has 0 saturated heterocycles.